The molecule has 0 spiro atoms. The van der Waals surface area contributed by atoms with E-state index >= 15 is 0 Å². The first-order valence-electron chi connectivity index (χ1n) is 19.0. The zero-order valence-electron chi connectivity index (χ0n) is 33.8. The zero-order valence-corrected chi connectivity index (χ0v) is 40.8. The summed E-state index contributed by atoms with van der Waals surface area (Å²) in [6.07, 6.45) is 10.4. The van der Waals surface area contributed by atoms with Crippen molar-refractivity contribution in [1.82, 2.24) is 0 Å². The van der Waals surface area contributed by atoms with Crippen molar-refractivity contribution in [3.8, 4) is 22.3 Å². The van der Waals surface area contributed by atoms with Gasteiger partial charge in [0.05, 0.1) is 0 Å². The predicted octanol–water partition coefficient (Wildman–Crippen LogP) is 12.8. The zero-order chi connectivity index (χ0) is 37.0. The molecule has 2 aliphatic carbocycles. The summed E-state index contributed by atoms with van der Waals surface area (Å²) in [5.41, 5.74) is 11.3. The molecule has 0 heterocycles. The molecule has 4 heteroatoms. The van der Waals surface area contributed by atoms with Gasteiger partial charge in [0.1, 0.15) is 0 Å². The van der Waals surface area contributed by atoms with E-state index in [2.05, 4.69) is 206 Å². The molecule has 4 aromatic carbocycles. The van der Waals surface area contributed by atoms with E-state index in [1.165, 1.54) is 54.9 Å². The van der Waals surface area contributed by atoms with Gasteiger partial charge in [-0.05, 0) is 0 Å². The monoisotopic (exact) mass is 880 g/mol. The molecule has 0 radical (unpaired) electrons. The Kier molecular flexibility index (Phi) is 7.91. The Morgan fingerprint density at radius 1 is 0.500 bits per heavy atom. The average molecular weight is 880 g/mol. The number of hydrogen-bond acceptors (Lipinski definition) is 0. The molecule has 6 rings (SSSR count). The third-order valence-corrected chi connectivity index (χ3v) is 116. The van der Waals surface area contributed by atoms with Crippen molar-refractivity contribution in [2.75, 3.05) is 0 Å². The molecule has 2 unspecified atom stereocenters. The first-order chi connectivity index (χ1) is 22.7. The van der Waals surface area contributed by atoms with Gasteiger partial charge in [0.25, 0.3) is 0 Å². The van der Waals surface area contributed by atoms with E-state index in [9.17, 15) is 0 Å². The molecular weight excluding hydrogens is 815 g/mol. The van der Waals surface area contributed by atoms with Gasteiger partial charge in [-0.15, -0.1) is 0 Å². The van der Waals surface area contributed by atoms with Gasteiger partial charge in [-0.3, -0.25) is 0 Å². The summed E-state index contributed by atoms with van der Waals surface area (Å²) in [5, 5.41) is 3.04. The maximum atomic E-state index is 2.90. The van der Waals surface area contributed by atoms with Gasteiger partial charge in [0, 0.05) is 0 Å². The number of benzene rings is 4. The van der Waals surface area contributed by atoms with E-state index in [0.717, 1.165) is 0 Å². The fraction of sp³-hybridized carbons (Fsp3) is 0.391. The Morgan fingerprint density at radius 3 is 1.10 bits per heavy atom. The molecule has 0 aliphatic heterocycles. The minimum atomic E-state index is -5.58. The molecule has 2 aliphatic rings. The number of hydrogen-bond donors (Lipinski definition) is 0. The third kappa shape index (κ3) is 4.46. The van der Waals surface area contributed by atoms with Crippen LogP contribution in [0.25, 0.3) is 34.4 Å². The van der Waals surface area contributed by atoms with Crippen LogP contribution in [0.1, 0.15) is 71.1 Å². The van der Waals surface area contributed by atoms with Gasteiger partial charge in [-0.1, -0.05) is 0 Å². The quantitative estimate of drug-likeness (QED) is 0.169. The number of allylic oxidation sites excluding steroid dienone is 2. The average Bonchev–Trinajstić information content (AvgIpc) is 3.66. The van der Waals surface area contributed by atoms with Crippen LogP contribution in [0.3, 0.4) is 0 Å². The summed E-state index contributed by atoms with van der Waals surface area (Å²) in [4.78, 5) is 0. The molecular formula is C46H64HfSi3. The van der Waals surface area contributed by atoms with E-state index in [1.807, 2.05) is 0 Å². The summed E-state index contributed by atoms with van der Waals surface area (Å²) in [6, 6.07) is 33.5. The molecule has 264 valence electrons. The van der Waals surface area contributed by atoms with Gasteiger partial charge < -0.3 is 0 Å². The van der Waals surface area contributed by atoms with Gasteiger partial charge in [-0.2, -0.15) is 0 Å². The number of rotatable bonds is 6. The van der Waals surface area contributed by atoms with Crippen LogP contribution in [0, 0.1) is 0 Å². The first kappa shape index (κ1) is 37.6. The van der Waals surface area contributed by atoms with Crippen LogP contribution in [-0.4, -0.2) is 23.1 Å². The Morgan fingerprint density at radius 2 is 0.820 bits per heavy atom. The first-order valence-corrected chi connectivity index (χ1v) is 49.3. The Hall–Kier alpha value is -2.12. The van der Waals surface area contributed by atoms with Crippen molar-refractivity contribution in [3.05, 3.63) is 119 Å². The van der Waals surface area contributed by atoms with Crippen molar-refractivity contribution in [3.63, 3.8) is 0 Å². The summed E-state index contributed by atoms with van der Waals surface area (Å²) in [7, 11) is -2.75. The van der Waals surface area contributed by atoms with Crippen LogP contribution in [-0.2, 0) is 14.2 Å². The van der Waals surface area contributed by atoms with Crippen LogP contribution in [0.4, 0.5) is 0 Å². The summed E-state index contributed by atoms with van der Waals surface area (Å²) in [6.45, 7) is 32.9. The van der Waals surface area contributed by atoms with Crippen LogP contribution in [0.15, 0.2) is 97.1 Å². The van der Waals surface area contributed by atoms with Crippen molar-refractivity contribution >= 4 is 45.6 Å². The predicted molar refractivity (Wildman–Crippen MR) is 233 cm³/mol. The van der Waals surface area contributed by atoms with Gasteiger partial charge >= 0.3 is 305 Å². The summed E-state index contributed by atoms with van der Waals surface area (Å²) < 4.78 is 6.52. The second kappa shape index (κ2) is 10.5. The molecule has 0 bridgehead atoms. The standard InChI is InChI=1S/2C18H19Si.2C4H9.2CH3.Hf.H2Si/c2*1-19(2,3)16-12-10-15(11-13-16)18-9-5-7-14-6-4-8-17(14)18;2*1-4(2)3;;;;/h2*4-13H,1-3H3;2*1-3H3;2*1H3;;1H2. The van der Waals surface area contributed by atoms with Crippen molar-refractivity contribution in [2.24, 2.45) is 0 Å². The fourth-order valence-corrected chi connectivity index (χ4v) is 59.9. The Labute approximate surface area is 303 Å². The van der Waals surface area contributed by atoms with Crippen molar-refractivity contribution < 1.29 is 14.2 Å². The van der Waals surface area contributed by atoms with Gasteiger partial charge in [0.2, 0.25) is 0 Å². The normalized spacial score (nSPS) is 20.1. The molecule has 0 saturated heterocycles. The fourth-order valence-electron chi connectivity index (χ4n) is 10.8. The molecule has 2 atom stereocenters. The van der Waals surface area contributed by atoms with Crippen LogP contribution in [0.5, 0.6) is 0 Å². The third-order valence-electron chi connectivity index (χ3n) is 17.2. The second-order valence-electron chi connectivity index (χ2n) is 22.4. The Balaban J connectivity index is 1.62. The van der Waals surface area contributed by atoms with Crippen LogP contribution >= 0.6 is 0 Å². The van der Waals surface area contributed by atoms with E-state index in [-0.39, 0.29) is 6.34 Å². The topological polar surface area (TPSA) is 0 Å². The molecule has 0 aromatic heterocycles. The van der Waals surface area contributed by atoms with E-state index in [4.69, 9.17) is 0 Å². The van der Waals surface area contributed by atoms with E-state index in [1.54, 1.807) is 0 Å². The van der Waals surface area contributed by atoms with E-state index < -0.39 is 30.3 Å². The van der Waals surface area contributed by atoms with Crippen molar-refractivity contribution in [2.45, 2.75) is 104 Å². The summed E-state index contributed by atoms with van der Waals surface area (Å²) in [5.74, 6) is 0. The molecule has 0 nitrogen and oxygen atoms in total. The summed E-state index contributed by atoms with van der Waals surface area (Å²) >= 11 is -5.58. The van der Waals surface area contributed by atoms with Gasteiger partial charge in [-0.25, -0.2) is 0 Å². The SMILES string of the molecule is C[C](C)(C)[Hf]([CH3])([CH3])(=[SiH2])([CH]1C=Cc2c(-c3ccc([Si](C)(C)C)cc3)cccc21)([CH]1C=Cc2c(-c3ccc([Si](C)(C)C)cc3)cccc21)[C](C)(C)C. The van der Waals surface area contributed by atoms with Gasteiger partial charge in [0.15, 0.2) is 0 Å². The molecule has 4 aromatic rings. The second-order valence-corrected chi connectivity index (χ2v) is 108. The molecule has 0 fully saturated rings. The molecule has 0 N–H and O–H groups in total. The Bertz CT molecular complexity index is 2050. The molecule has 0 amide bonds. The van der Waals surface area contributed by atoms with E-state index in [0.29, 0.717) is 7.35 Å². The van der Waals surface area contributed by atoms with Crippen LogP contribution in [0.2, 0.25) is 55.0 Å². The van der Waals surface area contributed by atoms with Crippen molar-refractivity contribution in [1.29, 1.82) is 0 Å². The number of fused-ring (bicyclic) bond motifs is 2. The minimum absolute atomic E-state index is 0.0257. The molecule has 50 heavy (non-hydrogen) atoms. The maximum absolute atomic E-state index is 5.58. The van der Waals surface area contributed by atoms with Crippen LogP contribution < -0.4 is 10.4 Å². The molecule has 0 saturated carbocycles.